The summed E-state index contributed by atoms with van der Waals surface area (Å²) in [5, 5.41) is 11.7. The standard InChI is InChI=1S/C50H80N6O11/c1-15-30(8)41-31(9)25-40(57)67-44(29(6)7)43(58)32(10)45(59)52-37(24-28(4)5)48(62)56-22-16-17-38(56)49(63)55(13)39(26-34-18-20-35(65-14)21-19-34)50(64)66-33(11)42(47(61)53-41)54-46(60)36(51-12)23-27(2)3/h18-21,27-33,36-39,41-42,44,51H,15-17,22-26H2,1-14H3,(H,52,59)(H,53,61)(H,54,60). The fraction of sp³-hybridized carbons (Fsp3) is 0.720. The third kappa shape index (κ3) is 15.5. The molecule has 1 aromatic carbocycles. The van der Waals surface area contributed by atoms with E-state index in [0.29, 0.717) is 30.6 Å². The van der Waals surface area contributed by atoms with E-state index in [0.717, 1.165) is 0 Å². The summed E-state index contributed by atoms with van der Waals surface area (Å²) in [6.45, 7) is 19.8. The number of ketones is 1. The van der Waals surface area contributed by atoms with E-state index in [9.17, 15) is 38.4 Å². The molecule has 0 bridgehead atoms. The summed E-state index contributed by atoms with van der Waals surface area (Å²) in [5.74, 6) is -7.09. The minimum Gasteiger partial charge on any atom is -0.497 e. The van der Waals surface area contributed by atoms with Gasteiger partial charge in [-0.05, 0) is 93.9 Å². The predicted octanol–water partition coefficient (Wildman–Crippen LogP) is 3.98. The Morgan fingerprint density at radius 3 is 2.07 bits per heavy atom. The highest BCUT2D eigenvalue weighted by Crippen LogP contribution is 2.26. The summed E-state index contributed by atoms with van der Waals surface area (Å²) in [6, 6.07) is 0.822. The topological polar surface area (TPSA) is 219 Å². The number of Topliss-reactive ketones (excluding diaryl/α,β-unsaturated/α-hetero) is 1. The Hall–Kier alpha value is -5.06. The number of cyclic esters (lactones) is 2. The number of ether oxygens (including phenoxy) is 3. The van der Waals surface area contributed by atoms with Gasteiger partial charge in [-0.1, -0.05) is 80.9 Å². The SMILES string of the molecule is CCC(C)C1NC(=O)C(NC(=O)C(CC(C)C)NC)C(C)OC(=O)C(Cc2ccc(OC)cc2)N(C)C(=O)C2CCCN2C(=O)C(CC(C)C)NC(=O)C(C)C(=O)C(C(C)C)OC(=O)CC1C. The van der Waals surface area contributed by atoms with E-state index in [4.69, 9.17) is 14.2 Å². The van der Waals surface area contributed by atoms with Crippen LogP contribution < -0.4 is 26.0 Å². The van der Waals surface area contributed by atoms with Gasteiger partial charge in [0.1, 0.15) is 36.0 Å². The molecule has 2 saturated heterocycles. The molecule has 67 heavy (non-hydrogen) atoms. The van der Waals surface area contributed by atoms with E-state index in [1.807, 2.05) is 41.5 Å². The predicted molar refractivity (Wildman–Crippen MR) is 253 cm³/mol. The number of nitrogens with one attached hydrogen (secondary N) is 4. The molecule has 2 fully saturated rings. The van der Waals surface area contributed by atoms with Crippen LogP contribution in [-0.2, 0) is 54.3 Å². The van der Waals surface area contributed by atoms with E-state index >= 15 is 0 Å². The van der Waals surface area contributed by atoms with Gasteiger partial charge in [0.2, 0.25) is 29.5 Å². The van der Waals surface area contributed by atoms with E-state index in [2.05, 4.69) is 21.3 Å². The first-order chi connectivity index (χ1) is 31.4. The molecule has 11 atom stereocenters. The Bertz CT molecular complexity index is 1870. The van der Waals surface area contributed by atoms with Crippen molar-refractivity contribution in [2.75, 3.05) is 27.7 Å². The number of nitrogens with zero attached hydrogens (tertiary/aromatic N) is 2. The monoisotopic (exact) mass is 941 g/mol. The summed E-state index contributed by atoms with van der Waals surface area (Å²) in [4.78, 5) is 117. The molecular formula is C50H80N6O11. The highest BCUT2D eigenvalue weighted by Gasteiger charge is 2.44. The van der Waals surface area contributed by atoms with Crippen LogP contribution >= 0.6 is 0 Å². The Morgan fingerprint density at radius 1 is 0.881 bits per heavy atom. The second-order valence-corrected chi connectivity index (χ2v) is 19.9. The van der Waals surface area contributed by atoms with Gasteiger partial charge >= 0.3 is 11.9 Å². The summed E-state index contributed by atoms with van der Waals surface area (Å²) in [5.41, 5.74) is 0.659. The van der Waals surface area contributed by atoms with Crippen molar-refractivity contribution >= 4 is 47.3 Å². The number of rotatable bonds is 13. The Labute approximate surface area is 398 Å². The summed E-state index contributed by atoms with van der Waals surface area (Å²) in [6.07, 6.45) is -0.807. The maximum atomic E-state index is 14.7. The number of carbonyl (C=O) groups is 8. The molecule has 1 aromatic rings. The van der Waals surface area contributed by atoms with Gasteiger partial charge < -0.3 is 45.3 Å². The molecule has 5 amide bonds. The maximum Gasteiger partial charge on any atom is 0.329 e. The number of hydrogen-bond donors (Lipinski definition) is 4. The summed E-state index contributed by atoms with van der Waals surface area (Å²) < 4.78 is 17.3. The number of fused-ring (bicyclic) bond motifs is 1. The van der Waals surface area contributed by atoms with Crippen molar-refractivity contribution in [3.63, 3.8) is 0 Å². The molecule has 0 aliphatic carbocycles. The lowest BCUT2D eigenvalue weighted by molar-refractivity contribution is -0.162. The van der Waals surface area contributed by atoms with Gasteiger partial charge in [-0.15, -0.1) is 0 Å². The van der Waals surface area contributed by atoms with Gasteiger partial charge in [-0.3, -0.25) is 33.6 Å². The third-order valence-corrected chi connectivity index (χ3v) is 13.2. The fourth-order valence-electron chi connectivity index (χ4n) is 8.87. The van der Waals surface area contributed by atoms with Crippen molar-refractivity contribution < 1.29 is 52.6 Å². The van der Waals surface area contributed by atoms with Crippen LogP contribution in [0.15, 0.2) is 24.3 Å². The second-order valence-electron chi connectivity index (χ2n) is 19.9. The zero-order valence-electron chi connectivity index (χ0n) is 42.4. The van der Waals surface area contributed by atoms with Crippen molar-refractivity contribution in [1.82, 2.24) is 31.1 Å². The van der Waals surface area contributed by atoms with Crippen LogP contribution in [0.5, 0.6) is 5.75 Å². The van der Waals surface area contributed by atoms with Gasteiger partial charge in [0.15, 0.2) is 11.9 Å². The first-order valence-electron chi connectivity index (χ1n) is 24.2. The second kappa shape index (κ2) is 25.9. The average molecular weight is 941 g/mol. The lowest BCUT2D eigenvalue weighted by Gasteiger charge is -2.35. The van der Waals surface area contributed by atoms with E-state index in [1.54, 1.807) is 52.1 Å². The molecule has 2 aliphatic rings. The molecule has 0 saturated carbocycles. The lowest BCUT2D eigenvalue weighted by Crippen LogP contribution is -2.60. The number of esters is 2. The molecule has 17 nitrogen and oxygen atoms in total. The summed E-state index contributed by atoms with van der Waals surface area (Å²) >= 11 is 0. The average Bonchev–Trinajstić information content (AvgIpc) is 3.77. The van der Waals surface area contributed by atoms with Gasteiger partial charge in [0.25, 0.3) is 0 Å². The van der Waals surface area contributed by atoms with E-state index in [1.165, 1.54) is 37.8 Å². The Morgan fingerprint density at radius 2 is 1.52 bits per heavy atom. The smallest absolute Gasteiger partial charge is 0.329 e. The molecule has 2 aliphatic heterocycles. The molecule has 0 radical (unpaired) electrons. The van der Waals surface area contributed by atoms with E-state index in [-0.39, 0.29) is 50.0 Å². The van der Waals surface area contributed by atoms with Gasteiger partial charge in [0, 0.05) is 26.1 Å². The van der Waals surface area contributed by atoms with Gasteiger partial charge in [0.05, 0.1) is 25.5 Å². The fourth-order valence-corrected chi connectivity index (χ4v) is 8.87. The van der Waals surface area contributed by atoms with Crippen LogP contribution in [-0.4, -0.2) is 133 Å². The number of benzene rings is 1. The number of methoxy groups -OCH3 is 1. The van der Waals surface area contributed by atoms with Crippen molar-refractivity contribution in [2.24, 2.45) is 35.5 Å². The maximum absolute atomic E-state index is 14.7. The van der Waals surface area contributed by atoms with Crippen LogP contribution in [0.1, 0.15) is 120 Å². The Balaban J connectivity index is 2.23. The van der Waals surface area contributed by atoms with Crippen LogP contribution in [0.4, 0.5) is 0 Å². The zero-order chi connectivity index (χ0) is 50.4. The zero-order valence-corrected chi connectivity index (χ0v) is 42.4. The van der Waals surface area contributed by atoms with Crippen molar-refractivity contribution in [3.8, 4) is 5.75 Å². The van der Waals surface area contributed by atoms with Crippen molar-refractivity contribution in [2.45, 2.75) is 170 Å². The lowest BCUT2D eigenvalue weighted by atomic mass is 9.86. The normalized spacial score (nSPS) is 27.8. The number of hydrogen-bond acceptors (Lipinski definition) is 12. The highest BCUT2D eigenvalue weighted by atomic mass is 16.6. The third-order valence-electron chi connectivity index (χ3n) is 13.2. The molecule has 376 valence electrons. The summed E-state index contributed by atoms with van der Waals surface area (Å²) in [7, 11) is 4.63. The number of carbonyl (C=O) groups excluding carboxylic acids is 8. The molecule has 0 aromatic heterocycles. The highest BCUT2D eigenvalue weighted by molar-refractivity contribution is 6.05. The minimum atomic E-state index is -1.43. The van der Waals surface area contributed by atoms with Crippen molar-refractivity contribution in [3.05, 3.63) is 29.8 Å². The van der Waals surface area contributed by atoms with Gasteiger partial charge in [-0.25, -0.2) is 4.79 Å². The molecule has 11 unspecified atom stereocenters. The van der Waals surface area contributed by atoms with Crippen molar-refractivity contribution in [1.29, 1.82) is 0 Å². The first-order valence-corrected chi connectivity index (χ1v) is 24.2. The molecule has 4 N–H and O–H groups in total. The molecule has 0 spiro atoms. The minimum absolute atomic E-state index is 0.0169. The van der Waals surface area contributed by atoms with Crippen LogP contribution in [0.25, 0.3) is 0 Å². The quantitative estimate of drug-likeness (QED) is 0.163. The number of amides is 5. The van der Waals surface area contributed by atoms with Crippen LogP contribution in [0.3, 0.4) is 0 Å². The molecule has 2 heterocycles. The van der Waals surface area contributed by atoms with Gasteiger partial charge in [-0.2, -0.15) is 0 Å². The first kappa shape index (κ1) is 56.3. The number of likely N-dealkylation sites (N-methyl/N-ethyl adjacent to an activating group) is 2. The van der Waals surface area contributed by atoms with E-state index < -0.39 is 113 Å². The Kier molecular flexibility index (Phi) is 21.8. The molecule has 3 rings (SSSR count). The molecule has 17 heteroatoms. The molecular weight excluding hydrogens is 861 g/mol. The largest absolute Gasteiger partial charge is 0.497 e. The van der Waals surface area contributed by atoms with Crippen LogP contribution in [0, 0.1) is 35.5 Å². The van der Waals surface area contributed by atoms with Crippen LogP contribution in [0.2, 0.25) is 0 Å².